The van der Waals surface area contributed by atoms with E-state index in [1.165, 1.54) is 0 Å². The Balaban J connectivity index is 2.41. The number of Topliss-reactive ketones (excluding diaryl/α,β-unsaturated/α-hetero) is 1. The molecular formula is C16H23NO3S. The van der Waals surface area contributed by atoms with Gasteiger partial charge in [-0.2, -0.15) is 0 Å². The van der Waals surface area contributed by atoms with E-state index in [1.54, 1.807) is 29.8 Å². The van der Waals surface area contributed by atoms with E-state index < -0.39 is 11.0 Å². The number of carbonyl (C=O) groups is 2. The lowest BCUT2D eigenvalue weighted by atomic mass is 9.82. The molecule has 5 heteroatoms. The van der Waals surface area contributed by atoms with E-state index in [9.17, 15) is 9.59 Å². The summed E-state index contributed by atoms with van der Waals surface area (Å²) in [6.07, 6.45) is 2.17. The van der Waals surface area contributed by atoms with Crippen LogP contribution < -0.4 is 0 Å². The van der Waals surface area contributed by atoms with Gasteiger partial charge in [-0.05, 0) is 12.5 Å². The van der Waals surface area contributed by atoms with Gasteiger partial charge >= 0.3 is 0 Å². The molecule has 1 fully saturated rings. The highest BCUT2D eigenvalue weighted by Gasteiger charge is 2.64. The van der Waals surface area contributed by atoms with Gasteiger partial charge in [0.15, 0.2) is 11.4 Å². The number of allylic oxidation sites excluding steroid dienone is 1. The van der Waals surface area contributed by atoms with Crippen molar-refractivity contribution in [1.82, 2.24) is 4.90 Å². The molecular weight excluding hydrogens is 286 g/mol. The van der Waals surface area contributed by atoms with E-state index >= 15 is 0 Å². The van der Waals surface area contributed by atoms with Gasteiger partial charge in [0.2, 0.25) is 0 Å². The van der Waals surface area contributed by atoms with Gasteiger partial charge in [0.1, 0.15) is 5.37 Å². The minimum atomic E-state index is -0.865. The lowest BCUT2D eigenvalue weighted by Gasteiger charge is -2.57. The molecule has 0 aliphatic carbocycles. The van der Waals surface area contributed by atoms with Crippen molar-refractivity contribution >= 4 is 23.5 Å². The summed E-state index contributed by atoms with van der Waals surface area (Å²) in [4.78, 5) is 27.0. The summed E-state index contributed by atoms with van der Waals surface area (Å²) >= 11 is 1.65. The summed E-state index contributed by atoms with van der Waals surface area (Å²) in [6, 6.07) is 0. The first-order chi connectivity index (χ1) is 9.70. The Hall–Kier alpha value is -1.07. The van der Waals surface area contributed by atoms with Crippen LogP contribution in [0.3, 0.4) is 0 Å². The SMILES string of the molecule is C=CC[C@@]1(OC)C(=O)N2C(C(=O)C(C)(C)C)=C(C)CS[C@H]21. The summed E-state index contributed by atoms with van der Waals surface area (Å²) in [6.45, 7) is 11.3. The van der Waals surface area contributed by atoms with Crippen LogP contribution in [-0.4, -0.2) is 40.4 Å². The molecule has 0 radical (unpaired) electrons. The fourth-order valence-electron chi connectivity index (χ4n) is 2.80. The third-order valence-electron chi connectivity index (χ3n) is 4.03. The lowest BCUT2D eigenvalue weighted by molar-refractivity contribution is -0.182. The van der Waals surface area contributed by atoms with Crippen LogP contribution in [0.5, 0.6) is 0 Å². The largest absolute Gasteiger partial charge is 0.365 e. The third kappa shape index (κ3) is 2.27. The number of β-lactam (4-membered cyclic amide) rings is 1. The number of hydrogen-bond acceptors (Lipinski definition) is 4. The molecule has 2 aliphatic heterocycles. The van der Waals surface area contributed by atoms with Crippen molar-refractivity contribution in [1.29, 1.82) is 0 Å². The number of rotatable bonds is 4. The molecule has 0 saturated carbocycles. The first kappa shape index (κ1) is 16.3. The molecule has 1 saturated heterocycles. The Kier molecular flexibility index (Phi) is 4.10. The van der Waals surface area contributed by atoms with Crippen LogP contribution in [0.25, 0.3) is 0 Å². The van der Waals surface area contributed by atoms with Crippen LogP contribution in [0.15, 0.2) is 23.9 Å². The number of thioether (sulfide) groups is 1. The monoisotopic (exact) mass is 309 g/mol. The Morgan fingerprint density at radius 1 is 1.57 bits per heavy atom. The molecule has 2 heterocycles. The van der Waals surface area contributed by atoms with Crippen molar-refractivity contribution in [2.24, 2.45) is 5.41 Å². The molecule has 0 aromatic heterocycles. The van der Waals surface area contributed by atoms with Crippen molar-refractivity contribution in [3.63, 3.8) is 0 Å². The zero-order valence-corrected chi connectivity index (χ0v) is 14.2. The second-order valence-corrected chi connectivity index (χ2v) is 7.70. The lowest BCUT2D eigenvalue weighted by Crippen LogP contribution is -2.74. The van der Waals surface area contributed by atoms with Gasteiger partial charge < -0.3 is 4.74 Å². The maximum Gasteiger partial charge on any atom is 0.263 e. The quantitative estimate of drug-likeness (QED) is 0.592. The Labute approximate surface area is 130 Å². The van der Waals surface area contributed by atoms with Crippen molar-refractivity contribution in [2.45, 2.75) is 45.1 Å². The van der Waals surface area contributed by atoms with E-state index in [2.05, 4.69) is 6.58 Å². The predicted octanol–water partition coefficient (Wildman–Crippen LogP) is 2.75. The number of ketones is 1. The van der Waals surface area contributed by atoms with Gasteiger partial charge in [-0.3, -0.25) is 14.5 Å². The van der Waals surface area contributed by atoms with Gasteiger partial charge in [-0.1, -0.05) is 26.8 Å². The van der Waals surface area contributed by atoms with Gasteiger partial charge in [0.25, 0.3) is 5.91 Å². The summed E-state index contributed by atoms with van der Waals surface area (Å²) < 4.78 is 5.53. The number of fused-ring (bicyclic) bond motifs is 1. The van der Waals surface area contributed by atoms with E-state index in [4.69, 9.17) is 4.74 Å². The average molecular weight is 309 g/mol. The zero-order chi connectivity index (χ0) is 16.0. The smallest absolute Gasteiger partial charge is 0.263 e. The average Bonchev–Trinajstić information content (AvgIpc) is 2.42. The number of amides is 1. The van der Waals surface area contributed by atoms with Crippen LogP contribution in [0.1, 0.15) is 34.1 Å². The summed E-state index contributed by atoms with van der Waals surface area (Å²) in [5.41, 5.74) is 0.157. The number of methoxy groups -OCH3 is 1. The number of carbonyl (C=O) groups excluding carboxylic acids is 2. The second kappa shape index (κ2) is 5.29. The number of hydrogen-bond donors (Lipinski definition) is 0. The molecule has 0 spiro atoms. The molecule has 4 nitrogen and oxygen atoms in total. The maximum absolute atomic E-state index is 12.7. The topological polar surface area (TPSA) is 46.6 Å². The third-order valence-corrected chi connectivity index (χ3v) is 5.53. The van der Waals surface area contributed by atoms with E-state index in [1.807, 2.05) is 27.7 Å². The van der Waals surface area contributed by atoms with Crippen LogP contribution in [0.4, 0.5) is 0 Å². The molecule has 2 aliphatic rings. The van der Waals surface area contributed by atoms with Gasteiger partial charge in [-0.15, -0.1) is 18.3 Å². The number of nitrogens with zero attached hydrogens (tertiary/aromatic N) is 1. The first-order valence-corrected chi connectivity index (χ1v) is 8.11. The van der Waals surface area contributed by atoms with Crippen molar-refractivity contribution in [3.05, 3.63) is 23.9 Å². The Bertz CT molecular complexity index is 532. The minimum absolute atomic E-state index is 0.0157. The fraction of sp³-hybridized carbons (Fsp3) is 0.625. The summed E-state index contributed by atoms with van der Waals surface area (Å²) in [5, 5.41) is -0.141. The van der Waals surface area contributed by atoms with Gasteiger partial charge in [0, 0.05) is 24.7 Å². The maximum atomic E-state index is 12.7. The number of ether oxygens (including phenoxy) is 1. The van der Waals surface area contributed by atoms with Crippen LogP contribution >= 0.6 is 11.8 Å². The molecule has 0 unspecified atom stereocenters. The van der Waals surface area contributed by atoms with Crippen LogP contribution in [-0.2, 0) is 14.3 Å². The van der Waals surface area contributed by atoms with Crippen molar-refractivity contribution < 1.29 is 14.3 Å². The first-order valence-electron chi connectivity index (χ1n) is 7.06. The van der Waals surface area contributed by atoms with E-state index in [0.717, 1.165) is 11.3 Å². The molecule has 0 bridgehead atoms. The van der Waals surface area contributed by atoms with E-state index in [0.29, 0.717) is 12.1 Å². The van der Waals surface area contributed by atoms with Gasteiger partial charge in [-0.25, -0.2) is 0 Å². The minimum Gasteiger partial charge on any atom is -0.365 e. The second-order valence-electron chi connectivity index (χ2n) is 6.63. The van der Waals surface area contributed by atoms with Crippen LogP contribution in [0.2, 0.25) is 0 Å². The molecule has 1 amide bonds. The Morgan fingerprint density at radius 3 is 2.67 bits per heavy atom. The molecule has 0 N–H and O–H groups in total. The normalized spacial score (nSPS) is 29.1. The highest BCUT2D eigenvalue weighted by molar-refractivity contribution is 8.00. The molecule has 2 atom stereocenters. The highest BCUT2D eigenvalue weighted by Crippen LogP contribution is 2.50. The molecule has 2 rings (SSSR count). The predicted molar refractivity (Wildman–Crippen MR) is 84.8 cm³/mol. The molecule has 0 aromatic carbocycles. The fourth-order valence-corrected chi connectivity index (χ4v) is 4.25. The molecule has 0 aromatic rings. The zero-order valence-electron chi connectivity index (χ0n) is 13.4. The van der Waals surface area contributed by atoms with E-state index in [-0.39, 0.29) is 17.1 Å². The Morgan fingerprint density at radius 2 is 2.19 bits per heavy atom. The van der Waals surface area contributed by atoms with Crippen molar-refractivity contribution in [2.75, 3.05) is 12.9 Å². The van der Waals surface area contributed by atoms with Crippen LogP contribution in [0, 0.1) is 5.41 Å². The van der Waals surface area contributed by atoms with Gasteiger partial charge in [0.05, 0.1) is 5.70 Å². The standard InChI is InChI=1S/C16H23NO3S/c1-7-8-16(20-6)13(19)17-11(12(18)15(3,4)5)10(2)9-21-14(16)17/h7,14H,1,8-9H2,2-6H3/t14-,16+/m0/s1. The highest BCUT2D eigenvalue weighted by atomic mass is 32.2. The molecule has 116 valence electrons. The summed E-state index contributed by atoms with van der Waals surface area (Å²) in [5.74, 6) is 0.629. The molecule has 21 heavy (non-hydrogen) atoms. The van der Waals surface area contributed by atoms with Crippen molar-refractivity contribution in [3.8, 4) is 0 Å². The summed E-state index contributed by atoms with van der Waals surface area (Å²) in [7, 11) is 1.55.